The summed E-state index contributed by atoms with van der Waals surface area (Å²) < 4.78 is 4.80. The van der Waals surface area contributed by atoms with Crippen molar-refractivity contribution in [3.63, 3.8) is 0 Å². The zero-order valence-electron chi connectivity index (χ0n) is 9.70. The molecule has 2 rings (SSSR count). The third kappa shape index (κ3) is 1.56. The van der Waals surface area contributed by atoms with E-state index >= 15 is 0 Å². The first-order chi connectivity index (χ1) is 7.65. The van der Waals surface area contributed by atoms with E-state index in [2.05, 4.69) is 0 Å². The number of hydrogen-bond donors (Lipinski definition) is 0. The highest BCUT2D eigenvalue weighted by Gasteiger charge is 2.12. The lowest BCUT2D eigenvalue weighted by Crippen LogP contribution is -2.03. The Morgan fingerprint density at radius 3 is 2.50 bits per heavy atom. The van der Waals surface area contributed by atoms with E-state index in [0.717, 1.165) is 16.3 Å². The maximum Gasteiger partial charge on any atom is 0.338 e. The molecule has 2 nitrogen and oxygen atoms in total. The molecule has 16 heavy (non-hydrogen) atoms. The molecular formula is C14H14O2. The molecule has 0 saturated carbocycles. The summed E-state index contributed by atoms with van der Waals surface area (Å²) in [6, 6.07) is 9.83. The highest BCUT2D eigenvalue weighted by molar-refractivity contribution is 6.06. The molecule has 2 heteroatoms. The summed E-state index contributed by atoms with van der Waals surface area (Å²) in [6.07, 6.45) is 0. The first kappa shape index (κ1) is 10.7. The Bertz CT molecular complexity index is 556. The van der Waals surface area contributed by atoms with Gasteiger partial charge < -0.3 is 4.74 Å². The molecule has 0 unspecified atom stereocenters. The Labute approximate surface area is 94.8 Å². The quantitative estimate of drug-likeness (QED) is 0.681. The van der Waals surface area contributed by atoms with Crippen molar-refractivity contribution < 1.29 is 9.53 Å². The number of benzene rings is 2. The largest absolute Gasteiger partial charge is 0.465 e. The number of hydrogen-bond acceptors (Lipinski definition) is 2. The number of esters is 1. The summed E-state index contributed by atoms with van der Waals surface area (Å²) >= 11 is 0. The van der Waals surface area contributed by atoms with Crippen LogP contribution < -0.4 is 0 Å². The van der Waals surface area contributed by atoms with Crippen LogP contribution >= 0.6 is 0 Å². The van der Waals surface area contributed by atoms with Crippen molar-refractivity contribution in [2.24, 2.45) is 0 Å². The molecule has 0 spiro atoms. The van der Waals surface area contributed by atoms with Crippen LogP contribution in [0.4, 0.5) is 0 Å². The Hall–Kier alpha value is -1.83. The molecule has 2 aromatic carbocycles. The molecule has 0 atom stereocenters. The molecule has 0 N–H and O–H groups in total. The van der Waals surface area contributed by atoms with Crippen LogP contribution in [0.15, 0.2) is 30.3 Å². The van der Waals surface area contributed by atoms with Crippen LogP contribution in [0.3, 0.4) is 0 Å². The first-order valence-corrected chi connectivity index (χ1v) is 5.22. The fraction of sp³-hybridized carbons (Fsp3) is 0.214. The average molecular weight is 214 g/mol. The number of aryl methyl sites for hydroxylation is 2. The van der Waals surface area contributed by atoms with Crippen LogP contribution in [-0.4, -0.2) is 13.1 Å². The van der Waals surface area contributed by atoms with Crippen LogP contribution in [0.1, 0.15) is 21.5 Å². The van der Waals surface area contributed by atoms with Crippen molar-refractivity contribution in [2.45, 2.75) is 13.8 Å². The highest BCUT2D eigenvalue weighted by atomic mass is 16.5. The van der Waals surface area contributed by atoms with E-state index in [9.17, 15) is 4.79 Å². The van der Waals surface area contributed by atoms with Gasteiger partial charge in [0.1, 0.15) is 0 Å². The molecule has 0 heterocycles. The Morgan fingerprint density at radius 2 is 1.81 bits per heavy atom. The maximum absolute atomic E-state index is 11.7. The van der Waals surface area contributed by atoms with E-state index < -0.39 is 0 Å². The van der Waals surface area contributed by atoms with E-state index in [4.69, 9.17) is 4.74 Å². The van der Waals surface area contributed by atoms with E-state index in [0.29, 0.717) is 5.56 Å². The lowest BCUT2D eigenvalue weighted by molar-refractivity contribution is 0.0603. The molecule has 0 fully saturated rings. The summed E-state index contributed by atoms with van der Waals surface area (Å²) in [7, 11) is 1.41. The minimum Gasteiger partial charge on any atom is -0.465 e. The number of ether oxygens (including phenoxy) is 1. The lowest BCUT2D eigenvalue weighted by Gasteiger charge is -2.09. The van der Waals surface area contributed by atoms with E-state index in [1.807, 2.05) is 44.2 Å². The van der Waals surface area contributed by atoms with Crippen molar-refractivity contribution >= 4 is 16.7 Å². The summed E-state index contributed by atoms with van der Waals surface area (Å²) in [4.78, 5) is 11.7. The lowest BCUT2D eigenvalue weighted by atomic mass is 9.97. The third-order valence-corrected chi connectivity index (χ3v) is 2.87. The van der Waals surface area contributed by atoms with Gasteiger partial charge in [0.25, 0.3) is 0 Å². The summed E-state index contributed by atoms with van der Waals surface area (Å²) in [5.41, 5.74) is 2.91. The van der Waals surface area contributed by atoms with Gasteiger partial charge in [-0.1, -0.05) is 24.3 Å². The second kappa shape index (κ2) is 3.97. The number of carbonyl (C=O) groups excluding carboxylic acids is 1. The Kier molecular flexibility index (Phi) is 2.65. The normalized spacial score (nSPS) is 10.4. The minimum absolute atomic E-state index is 0.278. The third-order valence-electron chi connectivity index (χ3n) is 2.87. The molecule has 0 saturated heterocycles. The predicted octanol–water partition coefficient (Wildman–Crippen LogP) is 3.24. The van der Waals surface area contributed by atoms with Crippen molar-refractivity contribution in [3.05, 3.63) is 47.0 Å². The van der Waals surface area contributed by atoms with Crippen LogP contribution in [-0.2, 0) is 4.74 Å². The molecule has 0 aromatic heterocycles. The SMILES string of the molecule is COC(=O)c1ccc(C)c2cccc(C)c12. The Morgan fingerprint density at radius 1 is 1.06 bits per heavy atom. The van der Waals surface area contributed by atoms with Crippen LogP contribution in [0.5, 0.6) is 0 Å². The number of rotatable bonds is 1. The molecule has 0 bridgehead atoms. The zero-order valence-corrected chi connectivity index (χ0v) is 9.70. The minimum atomic E-state index is -0.278. The van der Waals surface area contributed by atoms with Gasteiger partial charge in [0.15, 0.2) is 0 Å². The number of carbonyl (C=O) groups is 1. The zero-order chi connectivity index (χ0) is 11.7. The fourth-order valence-corrected chi connectivity index (χ4v) is 2.02. The van der Waals surface area contributed by atoms with Gasteiger partial charge in [-0.25, -0.2) is 4.79 Å². The molecule has 82 valence electrons. The molecule has 2 aromatic rings. The fourth-order valence-electron chi connectivity index (χ4n) is 2.02. The van der Waals surface area contributed by atoms with Crippen LogP contribution in [0, 0.1) is 13.8 Å². The van der Waals surface area contributed by atoms with E-state index in [-0.39, 0.29) is 5.97 Å². The first-order valence-electron chi connectivity index (χ1n) is 5.22. The van der Waals surface area contributed by atoms with Gasteiger partial charge in [0.05, 0.1) is 12.7 Å². The van der Waals surface area contributed by atoms with Crippen molar-refractivity contribution in [2.75, 3.05) is 7.11 Å². The van der Waals surface area contributed by atoms with Crippen LogP contribution in [0.25, 0.3) is 10.8 Å². The van der Waals surface area contributed by atoms with Gasteiger partial charge in [-0.05, 0) is 41.8 Å². The van der Waals surface area contributed by atoms with E-state index in [1.54, 1.807) is 0 Å². The van der Waals surface area contributed by atoms with Gasteiger partial charge in [-0.3, -0.25) is 0 Å². The van der Waals surface area contributed by atoms with Gasteiger partial charge >= 0.3 is 5.97 Å². The van der Waals surface area contributed by atoms with Crippen LogP contribution in [0.2, 0.25) is 0 Å². The molecular weight excluding hydrogens is 200 g/mol. The molecule has 0 amide bonds. The topological polar surface area (TPSA) is 26.3 Å². The predicted molar refractivity (Wildman–Crippen MR) is 64.8 cm³/mol. The summed E-state index contributed by atoms with van der Waals surface area (Å²) in [5, 5.41) is 2.11. The second-order valence-corrected chi connectivity index (χ2v) is 3.92. The molecule has 0 aliphatic heterocycles. The van der Waals surface area contributed by atoms with Gasteiger partial charge in [0.2, 0.25) is 0 Å². The van der Waals surface area contributed by atoms with Crippen molar-refractivity contribution in [1.29, 1.82) is 0 Å². The number of fused-ring (bicyclic) bond motifs is 1. The standard InChI is InChI=1S/C14H14O2/c1-9-7-8-12(14(15)16-3)13-10(2)5-4-6-11(9)13/h4-8H,1-3H3. The summed E-state index contributed by atoms with van der Waals surface area (Å²) in [6.45, 7) is 4.05. The van der Waals surface area contributed by atoms with Crippen molar-refractivity contribution in [1.82, 2.24) is 0 Å². The monoisotopic (exact) mass is 214 g/mol. The second-order valence-electron chi connectivity index (χ2n) is 3.92. The summed E-state index contributed by atoms with van der Waals surface area (Å²) in [5.74, 6) is -0.278. The van der Waals surface area contributed by atoms with Gasteiger partial charge in [0, 0.05) is 0 Å². The van der Waals surface area contributed by atoms with Gasteiger partial charge in [-0.15, -0.1) is 0 Å². The average Bonchev–Trinajstić information content (AvgIpc) is 2.30. The molecule has 0 aliphatic carbocycles. The smallest absolute Gasteiger partial charge is 0.338 e. The molecule has 0 radical (unpaired) electrons. The maximum atomic E-state index is 11.7. The molecule has 0 aliphatic rings. The highest BCUT2D eigenvalue weighted by Crippen LogP contribution is 2.26. The van der Waals surface area contributed by atoms with Gasteiger partial charge in [-0.2, -0.15) is 0 Å². The van der Waals surface area contributed by atoms with E-state index in [1.165, 1.54) is 12.7 Å². The van der Waals surface area contributed by atoms with Crippen molar-refractivity contribution in [3.8, 4) is 0 Å². The Balaban J connectivity index is 2.86. The number of methoxy groups -OCH3 is 1.